The highest BCUT2D eigenvalue weighted by Crippen LogP contribution is 2.29. The molecule has 1 atom stereocenters. The Kier molecular flexibility index (Phi) is 6.82. The monoisotopic (exact) mass is 407 g/mol. The largest absolute Gasteiger partial charge is 0.325 e. The van der Waals surface area contributed by atoms with E-state index in [4.69, 9.17) is 0 Å². The topological polar surface area (TPSA) is 72.7 Å². The molecule has 3 rings (SSSR count). The molecule has 2 aromatic heterocycles. The first kappa shape index (κ1) is 20.8. The van der Waals surface area contributed by atoms with E-state index in [2.05, 4.69) is 40.9 Å². The van der Waals surface area contributed by atoms with Crippen LogP contribution in [0.4, 0.5) is 5.69 Å². The van der Waals surface area contributed by atoms with Crippen molar-refractivity contribution in [1.29, 1.82) is 0 Å². The van der Waals surface area contributed by atoms with Crippen molar-refractivity contribution in [3.8, 4) is 11.4 Å². The first-order valence-electron chi connectivity index (χ1n) is 9.52. The highest BCUT2D eigenvalue weighted by atomic mass is 32.2. The zero-order chi connectivity index (χ0) is 20.8. The molecular formula is C22H25N5OS. The molecule has 0 fully saturated rings. The predicted octanol–water partition coefficient (Wildman–Crippen LogP) is 4.77. The summed E-state index contributed by atoms with van der Waals surface area (Å²) in [6.07, 6.45) is 5.23. The molecule has 1 aromatic carbocycles. The molecule has 1 amide bonds. The summed E-state index contributed by atoms with van der Waals surface area (Å²) in [4.78, 5) is 16.9. The molecule has 0 radical (unpaired) electrons. The SMILES string of the molecule is C=CCn1c(S[C@@H](C)C(=O)Nc2ccccc2C(C)C)nnc1-c1ccncc1. The van der Waals surface area contributed by atoms with E-state index in [0.29, 0.717) is 17.6 Å². The van der Waals surface area contributed by atoms with Crippen LogP contribution in [-0.4, -0.2) is 30.9 Å². The van der Waals surface area contributed by atoms with Crippen LogP contribution in [0.15, 0.2) is 66.6 Å². The molecule has 0 bridgehead atoms. The van der Waals surface area contributed by atoms with Crippen molar-refractivity contribution in [3.63, 3.8) is 0 Å². The molecule has 0 aliphatic carbocycles. The van der Waals surface area contributed by atoms with Crippen molar-refractivity contribution < 1.29 is 4.79 Å². The lowest BCUT2D eigenvalue weighted by Gasteiger charge is -2.16. The number of aromatic nitrogens is 4. The molecule has 0 aliphatic rings. The summed E-state index contributed by atoms with van der Waals surface area (Å²) < 4.78 is 1.96. The van der Waals surface area contributed by atoms with Gasteiger partial charge in [-0.05, 0) is 36.6 Å². The maximum atomic E-state index is 12.8. The normalized spacial score (nSPS) is 12.0. The molecule has 0 aliphatic heterocycles. The average molecular weight is 408 g/mol. The highest BCUT2D eigenvalue weighted by molar-refractivity contribution is 8.00. The van der Waals surface area contributed by atoms with Gasteiger partial charge in [-0.15, -0.1) is 16.8 Å². The van der Waals surface area contributed by atoms with Gasteiger partial charge in [0.15, 0.2) is 11.0 Å². The van der Waals surface area contributed by atoms with Crippen molar-refractivity contribution in [2.45, 2.75) is 43.6 Å². The Morgan fingerprint density at radius 2 is 1.90 bits per heavy atom. The summed E-state index contributed by atoms with van der Waals surface area (Å²) in [5.41, 5.74) is 2.89. The lowest BCUT2D eigenvalue weighted by Crippen LogP contribution is -2.23. The molecule has 2 heterocycles. The second kappa shape index (κ2) is 9.52. The molecule has 7 heteroatoms. The lowest BCUT2D eigenvalue weighted by atomic mass is 10.0. The third-order valence-corrected chi connectivity index (χ3v) is 5.54. The van der Waals surface area contributed by atoms with Crippen LogP contribution in [0, 0.1) is 0 Å². The second-order valence-corrected chi connectivity index (χ2v) is 8.24. The van der Waals surface area contributed by atoms with Gasteiger partial charge in [-0.25, -0.2) is 0 Å². The number of nitrogens with zero attached hydrogens (tertiary/aromatic N) is 4. The number of rotatable bonds is 8. The van der Waals surface area contributed by atoms with E-state index in [9.17, 15) is 4.79 Å². The molecular weight excluding hydrogens is 382 g/mol. The number of amides is 1. The number of nitrogens with one attached hydrogen (secondary N) is 1. The van der Waals surface area contributed by atoms with Crippen LogP contribution in [0.25, 0.3) is 11.4 Å². The minimum atomic E-state index is -0.340. The number of hydrogen-bond donors (Lipinski definition) is 1. The van der Waals surface area contributed by atoms with Gasteiger partial charge < -0.3 is 5.32 Å². The van der Waals surface area contributed by atoms with E-state index in [-0.39, 0.29) is 11.2 Å². The number of anilines is 1. The molecule has 0 saturated carbocycles. The van der Waals surface area contributed by atoms with E-state index in [1.54, 1.807) is 18.5 Å². The maximum Gasteiger partial charge on any atom is 0.237 e. The molecule has 0 unspecified atom stereocenters. The zero-order valence-electron chi connectivity index (χ0n) is 16.9. The Labute approximate surface area is 175 Å². The van der Waals surface area contributed by atoms with Gasteiger partial charge in [-0.2, -0.15) is 0 Å². The van der Waals surface area contributed by atoms with Gasteiger partial charge in [0.05, 0.1) is 5.25 Å². The second-order valence-electron chi connectivity index (χ2n) is 6.93. The van der Waals surface area contributed by atoms with E-state index in [1.807, 2.05) is 47.9 Å². The standard InChI is InChI=1S/C22H25N5OS/c1-5-14-27-20(17-10-12-23-13-11-17)25-26-22(27)29-16(4)21(28)24-19-9-7-6-8-18(19)15(2)3/h5-13,15-16H,1,14H2,2-4H3,(H,24,28)/t16-/m0/s1. The van der Waals surface area contributed by atoms with Crippen LogP contribution in [0.1, 0.15) is 32.3 Å². The molecule has 150 valence electrons. The summed E-state index contributed by atoms with van der Waals surface area (Å²) in [5, 5.41) is 12.0. The van der Waals surface area contributed by atoms with Gasteiger partial charge in [0.1, 0.15) is 0 Å². The van der Waals surface area contributed by atoms with Crippen molar-refractivity contribution in [2.75, 3.05) is 5.32 Å². The number of hydrogen-bond acceptors (Lipinski definition) is 5. The summed E-state index contributed by atoms with van der Waals surface area (Å²) in [5.74, 6) is 0.988. The summed E-state index contributed by atoms with van der Waals surface area (Å²) in [6, 6.07) is 11.7. The van der Waals surface area contributed by atoms with Crippen LogP contribution >= 0.6 is 11.8 Å². The average Bonchev–Trinajstić information content (AvgIpc) is 3.11. The first-order chi connectivity index (χ1) is 14.0. The minimum absolute atomic E-state index is 0.0679. The van der Waals surface area contributed by atoms with Gasteiger partial charge in [-0.3, -0.25) is 14.3 Å². The quantitative estimate of drug-likeness (QED) is 0.430. The van der Waals surface area contributed by atoms with Crippen molar-refractivity contribution in [2.24, 2.45) is 0 Å². The molecule has 0 spiro atoms. The lowest BCUT2D eigenvalue weighted by molar-refractivity contribution is -0.115. The first-order valence-corrected chi connectivity index (χ1v) is 10.4. The molecule has 0 saturated heterocycles. The smallest absolute Gasteiger partial charge is 0.237 e. The molecule has 6 nitrogen and oxygen atoms in total. The van der Waals surface area contributed by atoms with Crippen molar-refractivity contribution >= 4 is 23.4 Å². The number of carbonyl (C=O) groups excluding carboxylic acids is 1. The Morgan fingerprint density at radius 3 is 2.59 bits per heavy atom. The predicted molar refractivity (Wildman–Crippen MR) is 118 cm³/mol. The van der Waals surface area contributed by atoms with Gasteiger partial charge in [-0.1, -0.05) is 49.9 Å². The fraction of sp³-hybridized carbons (Fsp3) is 0.273. The van der Waals surface area contributed by atoms with Crippen LogP contribution < -0.4 is 5.32 Å². The number of benzene rings is 1. The number of carbonyl (C=O) groups is 1. The van der Waals surface area contributed by atoms with Crippen LogP contribution in [0.2, 0.25) is 0 Å². The van der Waals surface area contributed by atoms with Crippen LogP contribution in [0.3, 0.4) is 0 Å². The Hall–Kier alpha value is -2.93. The highest BCUT2D eigenvalue weighted by Gasteiger charge is 2.21. The summed E-state index contributed by atoms with van der Waals surface area (Å²) >= 11 is 1.38. The van der Waals surface area contributed by atoms with E-state index < -0.39 is 0 Å². The minimum Gasteiger partial charge on any atom is -0.325 e. The third-order valence-electron chi connectivity index (χ3n) is 4.46. The maximum absolute atomic E-state index is 12.8. The van der Waals surface area contributed by atoms with Crippen LogP contribution in [0.5, 0.6) is 0 Å². The van der Waals surface area contributed by atoms with Gasteiger partial charge in [0.2, 0.25) is 5.91 Å². The Bertz CT molecular complexity index is 984. The van der Waals surface area contributed by atoms with Gasteiger partial charge in [0, 0.05) is 30.2 Å². The van der Waals surface area contributed by atoms with E-state index >= 15 is 0 Å². The fourth-order valence-electron chi connectivity index (χ4n) is 2.94. The molecule has 1 N–H and O–H groups in total. The van der Waals surface area contributed by atoms with Gasteiger partial charge in [0.25, 0.3) is 0 Å². The number of allylic oxidation sites excluding steroid dienone is 1. The fourth-order valence-corrected chi connectivity index (χ4v) is 3.80. The molecule has 29 heavy (non-hydrogen) atoms. The number of thioether (sulfide) groups is 1. The van der Waals surface area contributed by atoms with Gasteiger partial charge >= 0.3 is 0 Å². The van der Waals surface area contributed by atoms with Crippen molar-refractivity contribution in [1.82, 2.24) is 19.7 Å². The van der Waals surface area contributed by atoms with Crippen molar-refractivity contribution in [3.05, 3.63) is 67.0 Å². The Balaban J connectivity index is 1.78. The Morgan fingerprint density at radius 1 is 1.17 bits per heavy atom. The summed E-state index contributed by atoms with van der Waals surface area (Å²) in [7, 11) is 0. The third kappa shape index (κ3) is 4.92. The molecule has 3 aromatic rings. The number of para-hydroxylation sites is 1. The number of pyridine rings is 1. The summed E-state index contributed by atoms with van der Waals surface area (Å²) in [6.45, 7) is 10.5. The van der Waals surface area contributed by atoms with E-state index in [1.165, 1.54) is 11.8 Å². The zero-order valence-corrected chi connectivity index (χ0v) is 17.7. The van der Waals surface area contributed by atoms with Crippen LogP contribution in [-0.2, 0) is 11.3 Å². The van der Waals surface area contributed by atoms with E-state index in [0.717, 1.165) is 22.6 Å².